The molecule has 0 spiro atoms. The summed E-state index contributed by atoms with van der Waals surface area (Å²) in [5.74, 6) is -1.46. The van der Waals surface area contributed by atoms with Gasteiger partial charge in [-0.2, -0.15) is 0 Å². The van der Waals surface area contributed by atoms with Crippen molar-refractivity contribution in [3.63, 3.8) is 0 Å². The largest absolute Gasteiger partial charge is 0.492 e. The van der Waals surface area contributed by atoms with Crippen molar-refractivity contribution in [2.24, 2.45) is 11.7 Å². The number of ether oxygens (including phenoxy) is 1. The number of nitrogens with zero attached hydrogens (tertiary/aromatic N) is 2. The lowest BCUT2D eigenvalue weighted by atomic mass is 10.0. The van der Waals surface area contributed by atoms with Crippen LogP contribution in [0.4, 0.5) is 14.5 Å². The van der Waals surface area contributed by atoms with Gasteiger partial charge in [-0.05, 0) is 19.8 Å². The summed E-state index contributed by atoms with van der Waals surface area (Å²) >= 11 is 0. The molecule has 29 heavy (non-hydrogen) atoms. The molecule has 10 heteroatoms. The van der Waals surface area contributed by atoms with Gasteiger partial charge in [0.25, 0.3) is 5.56 Å². The number of hydrogen-bond acceptors (Lipinski definition) is 6. The van der Waals surface area contributed by atoms with Crippen molar-refractivity contribution in [3.8, 4) is 5.75 Å². The number of rotatable bonds is 5. The zero-order chi connectivity index (χ0) is 21.0. The molecule has 2 heterocycles. The molecule has 4 rings (SSSR count). The molecule has 1 aliphatic carbocycles. The van der Waals surface area contributed by atoms with Crippen molar-refractivity contribution in [1.29, 1.82) is 0 Å². The van der Waals surface area contributed by atoms with Gasteiger partial charge in [0.2, 0.25) is 0 Å². The summed E-state index contributed by atoms with van der Waals surface area (Å²) in [6.45, 7) is 1.23. The standard InChI is InChI=1S/C19H24F2N4O4/c1-8-13-15(25(9-3-4-9)19(28)23-18(13)27)17(29-2)16(14(8)21)24-6-10(11(20)7-24)12(26)5-22/h9-12,26H,3-7,22H2,1-2H3,(H,23,27,28). The first-order valence-electron chi connectivity index (χ1n) is 9.61. The summed E-state index contributed by atoms with van der Waals surface area (Å²) in [5, 5.41) is 10.1. The Labute approximate surface area is 164 Å². The number of nitrogens with one attached hydrogen (secondary N) is 1. The van der Waals surface area contributed by atoms with Crippen molar-refractivity contribution in [3.05, 3.63) is 32.2 Å². The molecule has 0 bridgehead atoms. The molecular weight excluding hydrogens is 386 g/mol. The van der Waals surface area contributed by atoms with Crippen LogP contribution in [0.3, 0.4) is 0 Å². The van der Waals surface area contributed by atoms with Crippen molar-refractivity contribution < 1.29 is 18.6 Å². The molecular formula is C19H24F2N4O4. The molecule has 3 atom stereocenters. The van der Waals surface area contributed by atoms with Crippen LogP contribution in [0.5, 0.6) is 5.75 Å². The van der Waals surface area contributed by atoms with Crippen LogP contribution in [0, 0.1) is 18.7 Å². The Bertz CT molecular complexity index is 1080. The Morgan fingerprint density at radius 3 is 2.62 bits per heavy atom. The van der Waals surface area contributed by atoms with Crippen LogP contribution >= 0.6 is 0 Å². The van der Waals surface area contributed by atoms with E-state index in [9.17, 15) is 19.1 Å². The summed E-state index contributed by atoms with van der Waals surface area (Å²) in [6.07, 6.45) is -0.940. The quantitative estimate of drug-likeness (QED) is 0.664. The summed E-state index contributed by atoms with van der Waals surface area (Å²) < 4.78 is 36.9. The second kappa shape index (κ2) is 7.10. The fraction of sp³-hybridized carbons (Fsp3) is 0.579. The minimum Gasteiger partial charge on any atom is -0.492 e. The van der Waals surface area contributed by atoms with Crippen molar-refractivity contribution in [2.45, 2.75) is 38.1 Å². The number of nitrogens with two attached hydrogens (primary N) is 1. The molecule has 1 aliphatic heterocycles. The second-order valence-corrected chi connectivity index (χ2v) is 7.79. The Hall–Kier alpha value is -2.46. The number of methoxy groups -OCH3 is 1. The number of aryl methyl sites for hydroxylation is 1. The first kappa shape index (κ1) is 19.8. The summed E-state index contributed by atoms with van der Waals surface area (Å²) in [5.41, 5.74) is 4.46. The van der Waals surface area contributed by atoms with Gasteiger partial charge < -0.3 is 20.5 Å². The molecule has 1 saturated heterocycles. The van der Waals surface area contributed by atoms with E-state index in [1.807, 2.05) is 0 Å². The smallest absolute Gasteiger partial charge is 0.329 e. The number of aliphatic hydroxyl groups excluding tert-OH is 1. The highest BCUT2D eigenvalue weighted by molar-refractivity contribution is 5.93. The molecule has 158 valence electrons. The Balaban J connectivity index is 1.99. The SMILES string of the molecule is COc1c(N2CC(F)C(C(O)CN)C2)c(F)c(C)c2c(=O)[nH]c(=O)n(C3CC3)c12. The number of H-pyrrole nitrogens is 1. The van der Waals surface area contributed by atoms with E-state index in [0.29, 0.717) is 0 Å². The van der Waals surface area contributed by atoms with Gasteiger partial charge in [0.1, 0.15) is 17.4 Å². The third-order valence-electron chi connectivity index (χ3n) is 5.95. The molecule has 4 N–H and O–H groups in total. The number of hydrogen-bond donors (Lipinski definition) is 3. The Morgan fingerprint density at radius 1 is 1.34 bits per heavy atom. The maximum Gasteiger partial charge on any atom is 0.329 e. The normalized spacial score (nSPS) is 23.0. The number of aromatic nitrogens is 2. The first-order chi connectivity index (χ1) is 13.8. The van der Waals surface area contributed by atoms with E-state index in [1.54, 1.807) is 0 Å². The molecule has 1 aromatic heterocycles. The first-order valence-corrected chi connectivity index (χ1v) is 9.61. The molecule has 1 saturated carbocycles. The van der Waals surface area contributed by atoms with Crippen LogP contribution < -0.4 is 26.6 Å². The Morgan fingerprint density at radius 2 is 2.03 bits per heavy atom. The maximum atomic E-state index is 15.4. The predicted octanol–water partition coefficient (Wildman–Crippen LogP) is 0.575. The van der Waals surface area contributed by atoms with E-state index >= 15 is 4.39 Å². The molecule has 3 unspecified atom stereocenters. The van der Waals surface area contributed by atoms with E-state index in [0.717, 1.165) is 12.8 Å². The van der Waals surface area contributed by atoms with Crippen molar-refractivity contribution in [1.82, 2.24) is 9.55 Å². The van der Waals surface area contributed by atoms with Crippen LogP contribution in [0.1, 0.15) is 24.4 Å². The molecule has 2 aliphatic rings. The van der Waals surface area contributed by atoms with E-state index < -0.39 is 35.3 Å². The number of fused-ring (bicyclic) bond motifs is 1. The van der Waals surface area contributed by atoms with E-state index in [-0.39, 0.29) is 53.6 Å². The monoisotopic (exact) mass is 410 g/mol. The zero-order valence-corrected chi connectivity index (χ0v) is 16.2. The van der Waals surface area contributed by atoms with Gasteiger partial charge in [0.15, 0.2) is 11.6 Å². The van der Waals surface area contributed by atoms with Crippen LogP contribution in [-0.2, 0) is 0 Å². The zero-order valence-electron chi connectivity index (χ0n) is 16.2. The van der Waals surface area contributed by atoms with Gasteiger partial charge in [-0.3, -0.25) is 14.3 Å². The van der Waals surface area contributed by atoms with Gasteiger partial charge in [-0.15, -0.1) is 0 Å². The number of anilines is 1. The molecule has 1 aromatic carbocycles. The Kier molecular flexibility index (Phi) is 4.86. The average molecular weight is 410 g/mol. The number of halogens is 2. The predicted molar refractivity (Wildman–Crippen MR) is 104 cm³/mol. The summed E-state index contributed by atoms with van der Waals surface area (Å²) in [7, 11) is 1.32. The topological polar surface area (TPSA) is 114 Å². The molecule has 8 nitrogen and oxygen atoms in total. The minimum absolute atomic E-state index is 0.00808. The van der Waals surface area contributed by atoms with E-state index in [1.165, 1.54) is 23.5 Å². The van der Waals surface area contributed by atoms with Gasteiger partial charge >= 0.3 is 5.69 Å². The van der Waals surface area contributed by atoms with Crippen LogP contribution in [0.25, 0.3) is 10.9 Å². The van der Waals surface area contributed by atoms with Gasteiger partial charge in [0, 0.05) is 37.2 Å². The highest BCUT2D eigenvalue weighted by Gasteiger charge is 2.40. The third kappa shape index (κ3) is 3.01. The van der Waals surface area contributed by atoms with Crippen LogP contribution in [0.15, 0.2) is 9.59 Å². The minimum atomic E-state index is -1.40. The molecule has 2 aromatic rings. The number of aliphatic hydroxyl groups is 1. The van der Waals surface area contributed by atoms with Crippen molar-refractivity contribution in [2.75, 3.05) is 31.6 Å². The lowest BCUT2D eigenvalue weighted by Gasteiger charge is -2.25. The molecule has 2 fully saturated rings. The second-order valence-electron chi connectivity index (χ2n) is 7.79. The number of aromatic amines is 1. The fourth-order valence-corrected chi connectivity index (χ4v) is 4.29. The van der Waals surface area contributed by atoms with Crippen molar-refractivity contribution >= 4 is 16.6 Å². The average Bonchev–Trinajstić information content (AvgIpc) is 3.44. The summed E-state index contributed by atoms with van der Waals surface area (Å²) in [6, 6.07) is -0.104. The number of alkyl halides is 1. The third-order valence-corrected chi connectivity index (χ3v) is 5.95. The lowest BCUT2D eigenvalue weighted by Crippen LogP contribution is -2.35. The van der Waals surface area contributed by atoms with Crippen LogP contribution in [0.2, 0.25) is 0 Å². The highest BCUT2D eigenvalue weighted by atomic mass is 19.1. The van der Waals surface area contributed by atoms with E-state index in [4.69, 9.17) is 10.5 Å². The highest BCUT2D eigenvalue weighted by Crippen LogP contribution is 2.45. The van der Waals surface area contributed by atoms with E-state index in [2.05, 4.69) is 4.98 Å². The summed E-state index contributed by atoms with van der Waals surface area (Å²) in [4.78, 5) is 28.7. The molecule has 0 amide bonds. The number of benzene rings is 1. The van der Waals surface area contributed by atoms with Gasteiger partial charge in [0.05, 0.1) is 18.6 Å². The fourth-order valence-electron chi connectivity index (χ4n) is 4.29. The maximum absolute atomic E-state index is 15.4. The lowest BCUT2D eigenvalue weighted by molar-refractivity contribution is 0.0868. The van der Waals surface area contributed by atoms with Gasteiger partial charge in [-0.1, -0.05) is 0 Å². The van der Waals surface area contributed by atoms with Gasteiger partial charge in [-0.25, -0.2) is 13.6 Å². The van der Waals surface area contributed by atoms with Crippen LogP contribution in [-0.4, -0.2) is 53.7 Å². The molecule has 0 radical (unpaired) electrons.